The van der Waals surface area contributed by atoms with Crippen molar-refractivity contribution in [1.29, 1.82) is 0 Å². The maximum absolute atomic E-state index is 5.46. The molecule has 0 fully saturated rings. The van der Waals surface area contributed by atoms with Crippen molar-refractivity contribution in [3.05, 3.63) is 52.2 Å². The van der Waals surface area contributed by atoms with Crippen LogP contribution in [0.1, 0.15) is 35.2 Å². The van der Waals surface area contributed by atoms with E-state index in [-0.39, 0.29) is 6.04 Å². The van der Waals surface area contributed by atoms with Crippen LogP contribution in [0.2, 0.25) is 0 Å². The Morgan fingerprint density at radius 1 is 1.21 bits per heavy atom. The highest BCUT2D eigenvalue weighted by atomic mass is 32.1. The lowest BCUT2D eigenvalue weighted by Gasteiger charge is -2.22. The highest BCUT2D eigenvalue weighted by Crippen LogP contribution is 2.23. The Morgan fingerprint density at radius 2 is 2.00 bits per heavy atom. The number of aryl methyl sites for hydroxylation is 2. The first-order chi connectivity index (χ1) is 11.6. The zero-order valence-electron chi connectivity index (χ0n) is 14.3. The normalized spacial score (nSPS) is 12.7. The quantitative estimate of drug-likeness (QED) is 0.646. The van der Waals surface area contributed by atoms with E-state index in [0.717, 1.165) is 46.4 Å². The first-order valence-corrected chi connectivity index (χ1v) is 8.96. The van der Waals surface area contributed by atoms with E-state index in [1.165, 1.54) is 0 Å². The van der Waals surface area contributed by atoms with Crippen molar-refractivity contribution in [1.82, 2.24) is 20.3 Å². The lowest BCUT2D eigenvalue weighted by Crippen LogP contribution is -2.23. The molecule has 6 heteroatoms. The van der Waals surface area contributed by atoms with E-state index < -0.39 is 0 Å². The molecule has 0 saturated carbocycles. The molecule has 0 N–H and O–H groups in total. The fourth-order valence-electron chi connectivity index (χ4n) is 2.54. The summed E-state index contributed by atoms with van der Waals surface area (Å²) in [5.41, 5.74) is 1.99. The number of hydrogen-bond acceptors (Lipinski definition) is 6. The highest BCUT2D eigenvalue weighted by molar-refractivity contribution is 7.11. The van der Waals surface area contributed by atoms with Gasteiger partial charge in [-0.15, -0.1) is 21.5 Å². The molecule has 0 bridgehead atoms. The van der Waals surface area contributed by atoms with Crippen molar-refractivity contribution >= 4 is 11.3 Å². The fourth-order valence-corrected chi connectivity index (χ4v) is 3.36. The summed E-state index contributed by atoms with van der Waals surface area (Å²) in [7, 11) is 2.12. The van der Waals surface area contributed by atoms with E-state index in [9.17, 15) is 0 Å². The van der Waals surface area contributed by atoms with Gasteiger partial charge in [-0.2, -0.15) is 0 Å². The summed E-state index contributed by atoms with van der Waals surface area (Å²) in [5, 5.41) is 14.6. The van der Waals surface area contributed by atoms with Gasteiger partial charge in [-0.3, -0.25) is 4.90 Å². The van der Waals surface area contributed by atoms with Gasteiger partial charge in [-0.1, -0.05) is 35.5 Å². The second-order valence-electron chi connectivity index (χ2n) is 5.96. The molecule has 0 aliphatic carbocycles. The Bertz CT molecular complexity index is 768. The minimum Gasteiger partial charge on any atom is -0.361 e. The molecule has 0 radical (unpaired) electrons. The molecule has 1 aromatic carbocycles. The monoisotopic (exact) mass is 342 g/mol. The van der Waals surface area contributed by atoms with Gasteiger partial charge in [-0.25, -0.2) is 0 Å². The van der Waals surface area contributed by atoms with Gasteiger partial charge in [0.1, 0.15) is 21.5 Å². The Morgan fingerprint density at radius 3 is 2.71 bits per heavy atom. The molecular formula is C18H22N4OS. The third-order valence-electron chi connectivity index (χ3n) is 4.12. The van der Waals surface area contributed by atoms with Crippen LogP contribution in [0.25, 0.3) is 11.3 Å². The van der Waals surface area contributed by atoms with Crippen LogP contribution in [0, 0.1) is 6.92 Å². The molecule has 3 aromatic rings. The average molecular weight is 342 g/mol. The molecule has 0 saturated heterocycles. The smallest absolute Gasteiger partial charge is 0.137 e. The van der Waals surface area contributed by atoms with Crippen LogP contribution < -0.4 is 0 Å². The lowest BCUT2D eigenvalue weighted by atomic mass is 10.1. The van der Waals surface area contributed by atoms with Crippen LogP contribution in [-0.2, 0) is 6.42 Å². The van der Waals surface area contributed by atoms with Crippen molar-refractivity contribution in [3.8, 4) is 11.3 Å². The highest BCUT2D eigenvalue weighted by Gasteiger charge is 2.16. The minimum absolute atomic E-state index is 0.283. The molecule has 24 heavy (non-hydrogen) atoms. The molecular weight excluding hydrogens is 320 g/mol. The summed E-state index contributed by atoms with van der Waals surface area (Å²) in [5.74, 6) is 0.932. The van der Waals surface area contributed by atoms with Gasteiger partial charge in [-0.05, 0) is 33.9 Å². The Kier molecular flexibility index (Phi) is 5.37. The topological polar surface area (TPSA) is 55.1 Å². The van der Waals surface area contributed by atoms with Gasteiger partial charge >= 0.3 is 0 Å². The third-order valence-corrected chi connectivity index (χ3v) is 5.13. The molecule has 0 aliphatic heterocycles. The van der Waals surface area contributed by atoms with Crippen LogP contribution in [0.15, 0.2) is 40.9 Å². The van der Waals surface area contributed by atoms with Gasteiger partial charge < -0.3 is 4.52 Å². The predicted molar refractivity (Wildman–Crippen MR) is 96.0 cm³/mol. The van der Waals surface area contributed by atoms with Crippen molar-refractivity contribution in [2.45, 2.75) is 32.7 Å². The number of benzene rings is 1. The predicted octanol–water partition coefficient (Wildman–Crippen LogP) is 4.13. The van der Waals surface area contributed by atoms with Gasteiger partial charge in [0.2, 0.25) is 0 Å². The van der Waals surface area contributed by atoms with Gasteiger partial charge in [0.05, 0.1) is 6.04 Å². The van der Waals surface area contributed by atoms with E-state index in [4.69, 9.17) is 4.52 Å². The van der Waals surface area contributed by atoms with Crippen LogP contribution in [0.3, 0.4) is 0 Å². The zero-order chi connectivity index (χ0) is 16.9. The molecule has 0 spiro atoms. The van der Waals surface area contributed by atoms with E-state index in [1.807, 2.05) is 43.3 Å². The van der Waals surface area contributed by atoms with Crippen LogP contribution in [0.4, 0.5) is 0 Å². The standard InChI is InChI=1S/C18H22N4OS/c1-13(18-20-19-14(2)24-18)22(3)11-7-10-16-12-17(21-23-16)15-8-5-4-6-9-15/h4-6,8-9,12-13H,7,10-11H2,1-3H3. The molecule has 2 heterocycles. The summed E-state index contributed by atoms with van der Waals surface area (Å²) in [6.45, 7) is 5.13. The molecule has 0 aliphatic rings. The van der Waals surface area contributed by atoms with Crippen LogP contribution in [0.5, 0.6) is 0 Å². The average Bonchev–Trinajstić information content (AvgIpc) is 3.24. The second-order valence-corrected chi connectivity index (χ2v) is 7.18. The Labute approximate surface area is 146 Å². The van der Waals surface area contributed by atoms with Gasteiger partial charge in [0.15, 0.2) is 0 Å². The summed E-state index contributed by atoms with van der Waals surface area (Å²) >= 11 is 1.66. The van der Waals surface area contributed by atoms with Gasteiger partial charge in [0, 0.05) is 18.1 Å². The number of rotatable bonds is 7. The largest absolute Gasteiger partial charge is 0.361 e. The molecule has 126 valence electrons. The molecule has 5 nitrogen and oxygen atoms in total. The maximum Gasteiger partial charge on any atom is 0.137 e. The zero-order valence-corrected chi connectivity index (χ0v) is 15.1. The lowest BCUT2D eigenvalue weighted by molar-refractivity contribution is 0.253. The Hall–Kier alpha value is -2.05. The van der Waals surface area contributed by atoms with Gasteiger partial charge in [0.25, 0.3) is 0 Å². The third kappa shape index (κ3) is 4.07. The summed E-state index contributed by atoms with van der Waals surface area (Å²) < 4.78 is 5.46. The van der Waals surface area contributed by atoms with Crippen molar-refractivity contribution in [2.24, 2.45) is 0 Å². The fraction of sp³-hybridized carbons (Fsp3) is 0.389. The number of aromatic nitrogens is 3. The molecule has 1 unspecified atom stereocenters. The van der Waals surface area contributed by atoms with E-state index in [2.05, 4.69) is 34.2 Å². The first kappa shape index (κ1) is 16.8. The maximum atomic E-state index is 5.46. The molecule has 3 rings (SSSR count). The molecule has 0 amide bonds. The number of nitrogens with zero attached hydrogens (tertiary/aromatic N) is 4. The van der Waals surface area contributed by atoms with E-state index in [0.29, 0.717) is 0 Å². The summed E-state index contributed by atoms with van der Waals surface area (Å²) in [4.78, 5) is 2.30. The number of hydrogen-bond donors (Lipinski definition) is 0. The Balaban J connectivity index is 1.50. The van der Waals surface area contributed by atoms with E-state index in [1.54, 1.807) is 11.3 Å². The van der Waals surface area contributed by atoms with Crippen molar-refractivity contribution in [2.75, 3.05) is 13.6 Å². The SMILES string of the molecule is Cc1nnc(C(C)N(C)CCCc2cc(-c3ccccc3)no2)s1. The molecule has 1 atom stereocenters. The minimum atomic E-state index is 0.283. The van der Waals surface area contributed by atoms with E-state index >= 15 is 0 Å². The van der Waals surface area contributed by atoms with Crippen LogP contribution in [-0.4, -0.2) is 33.8 Å². The summed E-state index contributed by atoms with van der Waals surface area (Å²) in [6.07, 6.45) is 1.90. The summed E-state index contributed by atoms with van der Waals surface area (Å²) in [6, 6.07) is 12.4. The molecule has 2 aromatic heterocycles. The van der Waals surface area contributed by atoms with Crippen LogP contribution >= 0.6 is 11.3 Å². The van der Waals surface area contributed by atoms with Crippen molar-refractivity contribution in [3.63, 3.8) is 0 Å². The second kappa shape index (κ2) is 7.68. The first-order valence-electron chi connectivity index (χ1n) is 8.15. The van der Waals surface area contributed by atoms with Crippen molar-refractivity contribution < 1.29 is 4.52 Å².